The minimum Gasteiger partial charge on any atom is -0.274 e. The number of hydroxylamine groups is 2. The van der Waals surface area contributed by atoms with E-state index < -0.39 is 11.7 Å². The Labute approximate surface area is 86.0 Å². The summed E-state index contributed by atoms with van der Waals surface area (Å²) in [5.74, 6) is -0.899. The number of carbonyl (C=O) groups is 1. The van der Waals surface area contributed by atoms with Gasteiger partial charge >= 0.3 is 0 Å². The Morgan fingerprint density at radius 3 is 2.71 bits per heavy atom. The highest BCUT2D eigenvalue weighted by molar-refractivity contribution is 6.33. The predicted molar refractivity (Wildman–Crippen MR) is 50.5 cm³/mol. The quantitative estimate of drug-likeness (QED) is 0.711. The fraction of sp³-hybridized carbons (Fsp3) is 0.222. The molecule has 0 aliphatic heterocycles. The fourth-order valence-corrected chi connectivity index (χ4v) is 1.16. The van der Waals surface area contributed by atoms with Crippen molar-refractivity contribution in [1.29, 1.82) is 0 Å². The molecule has 0 fully saturated rings. The standard InChI is InChI=1S/C9H9ClFNO2/c1-12(14-2)9(13)7-4-3-6(11)5-8(7)10/h3-5H,1-2H3. The third kappa shape index (κ3) is 2.21. The van der Waals surface area contributed by atoms with Gasteiger partial charge in [0, 0.05) is 7.05 Å². The molecule has 0 saturated carbocycles. The molecule has 0 spiro atoms. The second kappa shape index (κ2) is 4.39. The van der Waals surface area contributed by atoms with E-state index in [9.17, 15) is 9.18 Å². The Balaban J connectivity index is 3.02. The van der Waals surface area contributed by atoms with Crippen molar-refractivity contribution in [2.45, 2.75) is 0 Å². The second-order valence-corrected chi connectivity index (χ2v) is 3.02. The van der Waals surface area contributed by atoms with Gasteiger partial charge in [-0.2, -0.15) is 0 Å². The number of carbonyl (C=O) groups excluding carboxylic acids is 1. The maximum absolute atomic E-state index is 12.7. The zero-order chi connectivity index (χ0) is 10.7. The van der Waals surface area contributed by atoms with Crippen molar-refractivity contribution in [3.05, 3.63) is 34.6 Å². The van der Waals surface area contributed by atoms with Crippen LogP contribution >= 0.6 is 11.6 Å². The third-order valence-corrected chi connectivity index (χ3v) is 2.03. The van der Waals surface area contributed by atoms with Crippen molar-refractivity contribution < 1.29 is 14.0 Å². The number of nitrogens with zero attached hydrogens (tertiary/aromatic N) is 1. The van der Waals surface area contributed by atoms with Gasteiger partial charge in [0.15, 0.2) is 0 Å². The number of rotatable bonds is 2. The molecule has 0 aliphatic carbocycles. The predicted octanol–water partition coefficient (Wildman–Crippen LogP) is 2.11. The Kier molecular flexibility index (Phi) is 3.43. The van der Waals surface area contributed by atoms with Crippen molar-refractivity contribution in [2.75, 3.05) is 14.2 Å². The largest absolute Gasteiger partial charge is 0.278 e. The van der Waals surface area contributed by atoms with E-state index in [2.05, 4.69) is 4.84 Å². The molecule has 0 N–H and O–H groups in total. The molecule has 1 rings (SSSR count). The van der Waals surface area contributed by atoms with E-state index in [1.807, 2.05) is 0 Å². The van der Waals surface area contributed by atoms with E-state index in [0.29, 0.717) is 0 Å². The molecule has 0 unspecified atom stereocenters. The van der Waals surface area contributed by atoms with Crippen LogP contribution < -0.4 is 0 Å². The van der Waals surface area contributed by atoms with Gasteiger partial charge in [0.25, 0.3) is 5.91 Å². The molecule has 3 nitrogen and oxygen atoms in total. The summed E-state index contributed by atoms with van der Waals surface area (Å²) >= 11 is 5.68. The molecular weight excluding hydrogens is 209 g/mol. The van der Waals surface area contributed by atoms with Crippen molar-refractivity contribution >= 4 is 17.5 Å². The van der Waals surface area contributed by atoms with Crippen LogP contribution in [0.3, 0.4) is 0 Å². The molecule has 1 aromatic carbocycles. The van der Waals surface area contributed by atoms with Gasteiger partial charge < -0.3 is 0 Å². The fourth-order valence-electron chi connectivity index (χ4n) is 0.915. The van der Waals surface area contributed by atoms with E-state index in [-0.39, 0.29) is 10.6 Å². The van der Waals surface area contributed by atoms with E-state index in [1.54, 1.807) is 0 Å². The van der Waals surface area contributed by atoms with Crippen molar-refractivity contribution in [2.24, 2.45) is 0 Å². The molecule has 76 valence electrons. The van der Waals surface area contributed by atoms with Crippen LogP contribution in [0, 0.1) is 5.82 Å². The molecule has 1 aromatic rings. The summed E-state index contributed by atoms with van der Waals surface area (Å²) in [5, 5.41) is 1.08. The zero-order valence-electron chi connectivity index (χ0n) is 7.75. The molecule has 14 heavy (non-hydrogen) atoms. The number of amides is 1. The number of hydrogen-bond donors (Lipinski definition) is 0. The number of benzene rings is 1. The van der Waals surface area contributed by atoms with Gasteiger partial charge in [-0.25, -0.2) is 9.45 Å². The first-order valence-electron chi connectivity index (χ1n) is 3.83. The Morgan fingerprint density at radius 2 is 2.21 bits per heavy atom. The van der Waals surface area contributed by atoms with Gasteiger partial charge in [-0.1, -0.05) is 11.6 Å². The Hall–Kier alpha value is -1.13. The topological polar surface area (TPSA) is 29.5 Å². The molecule has 0 saturated heterocycles. The van der Waals surface area contributed by atoms with Crippen LogP contribution in [0.5, 0.6) is 0 Å². The highest BCUT2D eigenvalue weighted by Crippen LogP contribution is 2.18. The number of hydrogen-bond acceptors (Lipinski definition) is 2. The van der Waals surface area contributed by atoms with Gasteiger partial charge in [-0.3, -0.25) is 9.63 Å². The van der Waals surface area contributed by atoms with E-state index >= 15 is 0 Å². The summed E-state index contributed by atoms with van der Waals surface area (Å²) in [6, 6.07) is 3.57. The van der Waals surface area contributed by atoms with Crippen LogP contribution in [0.25, 0.3) is 0 Å². The molecule has 0 aromatic heterocycles. The van der Waals surface area contributed by atoms with Crippen molar-refractivity contribution in [3.8, 4) is 0 Å². The van der Waals surface area contributed by atoms with E-state index in [1.165, 1.54) is 26.3 Å². The van der Waals surface area contributed by atoms with Gasteiger partial charge in [-0.15, -0.1) is 0 Å². The van der Waals surface area contributed by atoms with Crippen LogP contribution in [0.1, 0.15) is 10.4 Å². The molecule has 0 heterocycles. The Bertz CT molecular complexity index is 357. The maximum atomic E-state index is 12.7. The van der Waals surface area contributed by atoms with Crippen LogP contribution in [0.2, 0.25) is 5.02 Å². The van der Waals surface area contributed by atoms with Crippen molar-refractivity contribution in [3.63, 3.8) is 0 Å². The first-order valence-corrected chi connectivity index (χ1v) is 4.21. The van der Waals surface area contributed by atoms with Crippen LogP contribution in [0.15, 0.2) is 18.2 Å². The van der Waals surface area contributed by atoms with Gasteiger partial charge in [-0.05, 0) is 18.2 Å². The molecule has 5 heteroatoms. The lowest BCUT2D eigenvalue weighted by molar-refractivity contribution is -0.0756. The van der Waals surface area contributed by atoms with Crippen LogP contribution in [-0.2, 0) is 4.84 Å². The maximum Gasteiger partial charge on any atom is 0.278 e. The lowest BCUT2D eigenvalue weighted by atomic mass is 10.2. The average Bonchev–Trinajstić information content (AvgIpc) is 2.15. The normalized spacial score (nSPS) is 10.0. The summed E-state index contributed by atoms with van der Waals surface area (Å²) in [7, 11) is 2.80. The molecule has 0 radical (unpaired) electrons. The lowest BCUT2D eigenvalue weighted by Crippen LogP contribution is -2.25. The van der Waals surface area contributed by atoms with Crippen LogP contribution in [0.4, 0.5) is 4.39 Å². The summed E-state index contributed by atoms with van der Waals surface area (Å²) in [6.07, 6.45) is 0. The molecule has 0 bridgehead atoms. The minimum atomic E-state index is -0.480. The minimum absolute atomic E-state index is 0.0684. The van der Waals surface area contributed by atoms with Crippen molar-refractivity contribution in [1.82, 2.24) is 5.06 Å². The molecule has 1 amide bonds. The third-order valence-electron chi connectivity index (χ3n) is 1.72. The van der Waals surface area contributed by atoms with Gasteiger partial charge in [0.2, 0.25) is 0 Å². The monoisotopic (exact) mass is 217 g/mol. The average molecular weight is 218 g/mol. The summed E-state index contributed by atoms with van der Waals surface area (Å²) in [6.45, 7) is 0. The first-order chi connectivity index (χ1) is 6.56. The highest BCUT2D eigenvalue weighted by Gasteiger charge is 2.14. The summed E-state index contributed by atoms with van der Waals surface area (Å²) < 4.78 is 12.7. The van der Waals surface area contributed by atoms with E-state index in [4.69, 9.17) is 11.6 Å². The SMILES string of the molecule is CON(C)C(=O)c1ccc(F)cc1Cl. The van der Waals surface area contributed by atoms with Gasteiger partial charge in [0.05, 0.1) is 17.7 Å². The molecule has 0 atom stereocenters. The summed E-state index contributed by atoms with van der Waals surface area (Å²) in [5.41, 5.74) is 0.206. The summed E-state index contributed by atoms with van der Waals surface area (Å²) in [4.78, 5) is 16.2. The zero-order valence-corrected chi connectivity index (χ0v) is 8.51. The van der Waals surface area contributed by atoms with Crippen LogP contribution in [-0.4, -0.2) is 25.1 Å². The lowest BCUT2D eigenvalue weighted by Gasteiger charge is -2.14. The molecular formula is C9H9ClFNO2. The highest BCUT2D eigenvalue weighted by atomic mass is 35.5. The Morgan fingerprint density at radius 1 is 1.57 bits per heavy atom. The second-order valence-electron chi connectivity index (χ2n) is 2.61. The van der Waals surface area contributed by atoms with Gasteiger partial charge in [0.1, 0.15) is 5.82 Å². The smallest absolute Gasteiger partial charge is 0.274 e. The molecule has 0 aliphatic rings. The van der Waals surface area contributed by atoms with E-state index in [0.717, 1.165) is 11.1 Å². The first kappa shape index (κ1) is 10.9. The number of halogens is 2.